The van der Waals surface area contributed by atoms with Crippen LogP contribution in [-0.4, -0.2) is 66.4 Å². The summed E-state index contributed by atoms with van der Waals surface area (Å²) in [6.07, 6.45) is -2.41. The van der Waals surface area contributed by atoms with Crippen molar-refractivity contribution in [2.75, 3.05) is 18.9 Å². The minimum atomic E-state index is -1.27. The molecule has 0 spiro atoms. The Morgan fingerprint density at radius 1 is 1.17 bits per heavy atom. The highest BCUT2D eigenvalue weighted by Crippen LogP contribution is 2.32. The number of rotatable bonds is 6. The number of nitrogens with two attached hydrogens (primary N) is 1. The first kappa shape index (κ1) is 19.8. The predicted molar refractivity (Wildman–Crippen MR) is 103 cm³/mol. The number of benzene rings is 1. The van der Waals surface area contributed by atoms with Crippen molar-refractivity contribution in [2.45, 2.75) is 31.0 Å². The third-order valence-electron chi connectivity index (χ3n) is 4.75. The van der Waals surface area contributed by atoms with Gasteiger partial charge in [0, 0.05) is 11.4 Å². The summed E-state index contributed by atoms with van der Waals surface area (Å²) in [5.74, 6) is 0.113. The van der Waals surface area contributed by atoms with Crippen molar-refractivity contribution >= 4 is 28.6 Å². The van der Waals surface area contributed by atoms with E-state index in [9.17, 15) is 15.3 Å². The molecule has 29 heavy (non-hydrogen) atoms. The maximum absolute atomic E-state index is 10.3. The molecular weight excluding hydrogens is 402 g/mol. The fourth-order valence-electron chi connectivity index (χ4n) is 3.19. The van der Waals surface area contributed by atoms with Crippen molar-refractivity contribution in [1.29, 1.82) is 0 Å². The Hall–Kier alpha value is -2.50. The van der Waals surface area contributed by atoms with Crippen molar-refractivity contribution in [2.24, 2.45) is 0 Å². The lowest BCUT2D eigenvalue weighted by atomic mass is 10.1. The van der Waals surface area contributed by atoms with E-state index in [1.54, 1.807) is 12.1 Å². The monoisotopic (exact) mass is 421 g/mol. The summed E-state index contributed by atoms with van der Waals surface area (Å²) >= 11 is 5.88. The Kier molecular flexibility index (Phi) is 5.52. The highest BCUT2D eigenvalue weighted by Gasteiger charge is 2.44. The van der Waals surface area contributed by atoms with E-state index in [0.717, 1.165) is 5.56 Å². The number of hydrogen-bond donors (Lipinski definition) is 4. The van der Waals surface area contributed by atoms with Gasteiger partial charge in [0.2, 0.25) is 0 Å². The minimum absolute atomic E-state index is 0.0532. The SMILES string of the molecule is Nc1nc(OCCc2ccc(Cl)cc2)nc2c1ncn2C1O[C@H](CO)[C@@H](O)[C@H]1O. The van der Waals surface area contributed by atoms with Gasteiger partial charge < -0.3 is 30.5 Å². The van der Waals surface area contributed by atoms with Crippen LogP contribution in [0.3, 0.4) is 0 Å². The van der Waals surface area contributed by atoms with E-state index in [2.05, 4.69) is 15.0 Å². The van der Waals surface area contributed by atoms with E-state index in [4.69, 9.17) is 26.8 Å². The van der Waals surface area contributed by atoms with E-state index >= 15 is 0 Å². The van der Waals surface area contributed by atoms with Gasteiger partial charge in [0.25, 0.3) is 0 Å². The zero-order valence-corrected chi connectivity index (χ0v) is 16.0. The fourth-order valence-corrected chi connectivity index (χ4v) is 3.32. The van der Waals surface area contributed by atoms with Crippen molar-refractivity contribution in [3.63, 3.8) is 0 Å². The lowest BCUT2D eigenvalue weighted by Gasteiger charge is -2.16. The quantitative estimate of drug-likeness (QED) is 0.440. The standard InChI is InChI=1S/C18H20ClN5O5/c19-10-3-1-9(2-4-10)5-6-28-18-22-15(20)12-16(23-18)24(8-21-12)17-14(27)13(26)11(7-25)29-17/h1-4,8,11,13-14,17,25-27H,5-7H2,(H2,20,22,23)/t11-,13-,14-,17?/m1/s1. The maximum Gasteiger partial charge on any atom is 0.320 e. The number of aliphatic hydroxyl groups is 3. The van der Waals surface area contributed by atoms with Crippen LogP contribution in [0.4, 0.5) is 5.82 Å². The number of nitrogens with zero attached hydrogens (tertiary/aromatic N) is 4. The van der Waals surface area contributed by atoms with Gasteiger partial charge in [-0.05, 0) is 17.7 Å². The molecule has 1 saturated heterocycles. The Labute approximate surface area is 170 Å². The second-order valence-electron chi connectivity index (χ2n) is 6.67. The summed E-state index contributed by atoms with van der Waals surface area (Å²) < 4.78 is 12.6. The van der Waals surface area contributed by atoms with Crippen molar-refractivity contribution in [1.82, 2.24) is 19.5 Å². The molecule has 10 nitrogen and oxygen atoms in total. The number of halogens is 1. The van der Waals surface area contributed by atoms with Crippen LogP contribution in [0.1, 0.15) is 11.8 Å². The molecule has 1 aliphatic rings. The van der Waals surface area contributed by atoms with Gasteiger partial charge in [0.1, 0.15) is 18.3 Å². The Morgan fingerprint density at radius 3 is 2.62 bits per heavy atom. The van der Waals surface area contributed by atoms with E-state index in [-0.39, 0.29) is 17.5 Å². The van der Waals surface area contributed by atoms with E-state index in [0.29, 0.717) is 23.6 Å². The molecule has 5 N–H and O–H groups in total. The molecule has 0 saturated carbocycles. The van der Waals surface area contributed by atoms with Crippen molar-refractivity contribution in [3.05, 3.63) is 41.2 Å². The lowest BCUT2D eigenvalue weighted by Crippen LogP contribution is -2.33. The lowest BCUT2D eigenvalue weighted by molar-refractivity contribution is -0.0511. The largest absolute Gasteiger partial charge is 0.463 e. The Balaban J connectivity index is 1.54. The second-order valence-corrected chi connectivity index (χ2v) is 7.11. The van der Waals surface area contributed by atoms with Crippen LogP contribution in [-0.2, 0) is 11.2 Å². The molecule has 1 aliphatic heterocycles. The first-order valence-corrected chi connectivity index (χ1v) is 9.35. The third kappa shape index (κ3) is 3.85. The van der Waals surface area contributed by atoms with Crippen molar-refractivity contribution in [3.8, 4) is 6.01 Å². The first-order chi connectivity index (χ1) is 14.0. The van der Waals surface area contributed by atoms with Crippen LogP contribution in [0.25, 0.3) is 11.2 Å². The zero-order chi connectivity index (χ0) is 20.5. The number of aliphatic hydroxyl groups excluding tert-OH is 3. The van der Waals surface area contributed by atoms with Crippen LogP contribution >= 0.6 is 11.6 Å². The van der Waals surface area contributed by atoms with Gasteiger partial charge in [-0.15, -0.1) is 0 Å². The van der Waals surface area contributed by atoms with Gasteiger partial charge in [-0.1, -0.05) is 23.7 Å². The van der Waals surface area contributed by atoms with Crippen LogP contribution in [0.2, 0.25) is 5.02 Å². The molecule has 1 fully saturated rings. The first-order valence-electron chi connectivity index (χ1n) is 8.97. The number of anilines is 1. The highest BCUT2D eigenvalue weighted by molar-refractivity contribution is 6.30. The number of aromatic nitrogens is 4. The topological polar surface area (TPSA) is 149 Å². The molecule has 0 radical (unpaired) electrons. The van der Waals surface area contributed by atoms with Crippen LogP contribution in [0.5, 0.6) is 6.01 Å². The molecule has 4 atom stereocenters. The van der Waals surface area contributed by atoms with Crippen LogP contribution in [0.15, 0.2) is 30.6 Å². The van der Waals surface area contributed by atoms with Gasteiger partial charge in [-0.3, -0.25) is 4.57 Å². The average Bonchev–Trinajstić information content (AvgIpc) is 3.25. The summed E-state index contributed by atoms with van der Waals surface area (Å²) in [7, 11) is 0. The average molecular weight is 422 g/mol. The van der Waals surface area contributed by atoms with E-state index < -0.39 is 31.1 Å². The number of ether oxygens (including phenoxy) is 2. The van der Waals surface area contributed by atoms with Gasteiger partial charge in [0.05, 0.1) is 19.5 Å². The van der Waals surface area contributed by atoms with E-state index in [1.807, 2.05) is 12.1 Å². The fraction of sp³-hybridized carbons (Fsp3) is 0.389. The molecule has 3 heterocycles. The highest BCUT2D eigenvalue weighted by atomic mass is 35.5. The molecule has 154 valence electrons. The molecule has 3 aromatic rings. The smallest absolute Gasteiger partial charge is 0.320 e. The summed E-state index contributed by atoms with van der Waals surface area (Å²) in [5, 5.41) is 30.2. The molecular formula is C18H20ClN5O5. The number of nitrogen functional groups attached to an aromatic ring is 1. The summed E-state index contributed by atoms with van der Waals surface area (Å²) in [6.45, 7) is -0.119. The van der Waals surface area contributed by atoms with E-state index in [1.165, 1.54) is 10.9 Å². The summed E-state index contributed by atoms with van der Waals surface area (Å²) in [5.41, 5.74) is 7.61. The molecule has 0 bridgehead atoms. The molecule has 11 heteroatoms. The molecule has 1 aromatic carbocycles. The third-order valence-corrected chi connectivity index (χ3v) is 5.01. The minimum Gasteiger partial charge on any atom is -0.463 e. The second kappa shape index (κ2) is 8.09. The molecule has 1 unspecified atom stereocenters. The number of hydrogen-bond acceptors (Lipinski definition) is 9. The van der Waals surface area contributed by atoms with Gasteiger partial charge in [-0.25, -0.2) is 4.98 Å². The number of fused-ring (bicyclic) bond motifs is 1. The Bertz CT molecular complexity index is 998. The zero-order valence-electron chi connectivity index (χ0n) is 15.2. The van der Waals surface area contributed by atoms with Gasteiger partial charge in [-0.2, -0.15) is 9.97 Å². The van der Waals surface area contributed by atoms with Crippen LogP contribution < -0.4 is 10.5 Å². The number of imidazole rings is 1. The summed E-state index contributed by atoms with van der Waals surface area (Å²) in [4.78, 5) is 12.6. The molecule has 0 aliphatic carbocycles. The molecule has 2 aromatic heterocycles. The summed E-state index contributed by atoms with van der Waals surface area (Å²) in [6, 6.07) is 7.47. The predicted octanol–water partition coefficient (Wildman–Crippen LogP) is 0.295. The normalized spacial score (nSPS) is 24.3. The molecule has 0 amide bonds. The molecule has 4 rings (SSSR count). The van der Waals surface area contributed by atoms with Crippen LogP contribution in [0, 0.1) is 0 Å². The Morgan fingerprint density at radius 2 is 1.93 bits per heavy atom. The van der Waals surface area contributed by atoms with Gasteiger partial charge in [0.15, 0.2) is 23.2 Å². The van der Waals surface area contributed by atoms with Crippen molar-refractivity contribution < 1.29 is 24.8 Å². The van der Waals surface area contributed by atoms with Gasteiger partial charge >= 0.3 is 6.01 Å². The maximum atomic E-state index is 10.3.